The molecule has 4 rings (SSSR count). The van der Waals surface area contributed by atoms with E-state index in [4.69, 9.17) is 4.74 Å². The Morgan fingerprint density at radius 1 is 1.23 bits per heavy atom. The summed E-state index contributed by atoms with van der Waals surface area (Å²) in [6.07, 6.45) is 3.67. The van der Waals surface area contributed by atoms with E-state index in [2.05, 4.69) is 15.3 Å². The summed E-state index contributed by atoms with van der Waals surface area (Å²) in [5.74, 6) is -0.620. The van der Waals surface area contributed by atoms with Gasteiger partial charge in [-0.25, -0.2) is 9.37 Å². The molecule has 3 heterocycles. The maximum Gasteiger partial charge on any atom is 0.252 e. The molecular formula is C20H18FN3O2. The minimum Gasteiger partial charge on any atom is -0.376 e. The van der Waals surface area contributed by atoms with E-state index in [1.165, 1.54) is 12.1 Å². The van der Waals surface area contributed by atoms with Crippen LogP contribution in [0.4, 0.5) is 4.39 Å². The standard InChI is InChI=1S/C20H18FN3O2/c21-13-6-7-15-16(20(25)23-12-14-4-3-9-26-14)11-19(24-18(15)10-13)17-5-1-2-8-22-17/h1-2,5-8,10-11,14H,3-4,9,12H2,(H,23,25)/t14-/m1/s1. The number of halogens is 1. The summed E-state index contributed by atoms with van der Waals surface area (Å²) in [6, 6.07) is 11.4. The summed E-state index contributed by atoms with van der Waals surface area (Å²) in [5.41, 5.74) is 2.04. The molecule has 0 saturated carbocycles. The number of carbonyl (C=O) groups excluding carboxylic acids is 1. The van der Waals surface area contributed by atoms with Crippen molar-refractivity contribution in [3.63, 3.8) is 0 Å². The Hall–Kier alpha value is -2.86. The lowest BCUT2D eigenvalue weighted by Gasteiger charge is -2.13. The van der Waals surface area contributed by atoms with Gasteiger partial charge < -0.3 is 10.1 Å². The number of nitrogens with one attached hydrogen (secondary N) is 1. The van der Waals surface area contributed by atoms with Crippen LogP contribution in [0.2, 0.25) is 0 Å². The first kappa shape index (κ1) is 16.6. The Morgan fingerprint density at radius 2 is 2.15 bits per heavy atom. The Balaban J connectivity index is 1.72. The van der Waals surface area contributed by atoms with Crippen LogP contribution in [-0.4, -0.2) is 35.1 Å². The molecule has 0 bridgehead atoms. The van der Waals surface area contributed by atoms with Crippen molar-refractivity contribution in [1.29, 1.82) is 0 Å². The number of hydrogen-bond donors (Lipinski definition) is 1. The number of nitrogens with zero attached hydrogens (tertiary/aromatic N) is 2. The Kier molecular flexibility index (Phi) is 4.58. The van der Waals surface area contributed by atoms with E-state index < -0.39 is 5.82 Å². The molecule has 1 amide bonds. The molecule has 5 nitrogen and oxygen atoms in total. The number of hydrogen-bond acceptors (Lipinski definition) is 4. The lowest BCUT2D eigenvalue weighted by molar-refractivity contribution is 0.0859. The highest BCUT2D eigenvalue weighted by molar-refractivity contribution is 6.07. The van der Waals surface area contributed by atoms with E-state index in [1.807, 2.05) is 12.1 Å². The summed E-state index contributed by atoms with van der Waals surface area (Å²) in [7, 11) is 0. The van der Waals surface area contributed by atoms with Gasteiger partial charge in [0.15, 0.2) is 0 Å². The van der Waals surface area contributed by atoms with Gasteiger partial charge in [-0.15, -0.1) is 0 Å². The van der Waals surface area contributed by atoms with Gasteiger partial charge in [-0.3, -0.25) is 9.78 Å². The molecule has 0 unspecified atom stereocenters. The molecule has 1 N–H and O–H groups in total. The van der Waals surface area contributed by atoms with E-state index in [1.54, 1.807) is 24.4 Å². The number of aromatic nitrogens is 2. The zero-order chi connectivity index (χ0) is 17.9. The summed E-state index contributed by atoms with van der Waals surface area (Å²) in [6.45, 7) is 1.20. The summed E-state index contributed by atoms with van der Waals surface area (Å²) >= 11 is 0. The first-order chi connectivity index (χ1) is 12.7. The fourth-order valence-corrected chi connectivity index (χ4v) is 3.14. The first-order valence-electron chi connectivity index (χ1n) is 8.62. The van der Waals surface area contributed by atoms with Gasteiger partial charge in [0.1, 0.15) is 5.82 Å². The third kappa shape index (κ3) is 3.41. The highest BCUT2D eigenvalue weighted by atomic mass is 19.1. The average Bonchev–Trinajstić information content (AvgIpc) is 3.19. The molecule has 1 aromatic carbocycles. The van der Waals surface area contributed by atoms with Crippen molar-refractivity contribution in [1.82, 2.24) is 15.3 Å². The van der Waals surface area contributed by atoms with E-state index in [0.29, 0.717) is 34.4 Å². The molecular weight excluding hydrogens is 333 g/mol. The van der Waals surface area contributed by atoms with Crippen molar-refractivity contribution in [2.75, 3.05) is 13.2 Å². The fraction of sp³-hybridized carbons (Fsp3) is 0.250. The zero-order valence-electron chi connectivity index (χ0n) is 14.1. The van der Waals surface area contributed by atoms with Crippen molar-refractivity contribution < 1.29 is 13.9 Å². The lowest BCUT2D eigenvalue weighted by atomic mass is 10.1. The van der Waals surface area contributed by atoms with Gasteiger partial charge in [0.2, 0.25) is 0 Å². The topological polar surface area (TPSA) is 64.1 Å². The second-order valence-corrected chi connectivity index (χ2v) is 6.28. The second kappa shape index (κ2) is 7.17. The maximum atomic E-state index is 13.7. The first-order valence-corrected chi connectivity index (χ1v) is 8.62. The molecule has 1 aliphatic heterocycles. The van der Waals surface area contributed by atoms with Gasteiger partial charge in [0.25, 0.3) is 5.91 Å². The molecule has 0 radical (unpaired) electrons. The molecule has 3 aromatic rings. The van der Waals surface area contributed by atoms with Crippen LogP contribution in [0.25, 0.3) is 22.3 Å². The minimum absolute atomic E-state index is 0.0553. The molecule has 0 aliphatic carbocycles. The van der Waals surface area contributed by atoms with Crippen molar-refractivity contribution in [3.8, 4) is 11.4 Å². The van der Waals surface area contributed by atoms with E-state index >= 15 is 0 Å². The van der Waals surface area contributed by atoms with Gasteiger partial charge >= 0.3 is 0 Å². The molecule has 6 heteroatoms. The summed E-state index contributed by atoms with van der Waals surface area (Å²) in [5, 5.41) is 3.53. The third-order valence-electron chi connectivity index (χ3n) is 4.46. The number of rotatable bonds is 4. The van der Waals surface area contributed by atoms with Gasteiger partial charge in [0.05, 0.1) is 28.6 Å². The number of fused-ring (bicyclic) bond motifs is 1. The molecule has 0 spiro atoms. The lowest BCUT2D eigenvalue weighted by Crippen LogP contribution is -2.32. The maximum absolute atomic E-state index is 13.7. The largest absolute Gasteiger partial charge is 0.376 e. The fourth-order valence-electron chi connectivity index (χ4n) is 3.14. The van der Waals surface area contributed by atoms with E-state index in [9.17, 15) is 9.18 Å². The monoisotopic (exact) mass is 351 g/mol. The summed E-state index contributed by atoms with van der Waals surface area (Å²) in [4.78, 5) is 21.5. The quantitative estimate of drug-likeness (QED) is 0.783. The van der Waals surface area contributed by atoms with E-state index in [-0.39, 0.29) is 12.0 Å². The van der Waals surface area contributed by atoms with Gasteiger partial charge in [-0.2, -0.15) is 0 Å². The van der Waals surface area contributed by atoms with Crippen LogP contribution < -0.4 is 5.32 Å². The van der Waals surface area contributed by atoms with Crippen LogP contribution in [0.15, 0.2) is 48.7 Å². The van der Waals surface area contributed by atoms with Crippen molar-refractivity contribution in [3.05, 3.63) is 60.0 Å². The highest BCUT2D eigenvalue weighted by Crippen LogP contribution is 2.24. The average molecular weight is 351 g/mol. The number of amides is 1. The van der Waals surface area contributed by atoms with Crippen LogP contribution in [-0.2, 0) is 4.74 Å². The zero-order valence-corrected chi connectivity index (χ0v) is 14.1. The molecule has 2 aromatic heterocycles. The van der Waals surface area contributed by atoms with Crippen LogP contribution >= 0.6 is 0 Å². The van der Waals surface area contributed by atoms with Gasteiger partial charge in [-0.1, -0.05) is 6.07 Å². The smallest absolute Gasteiger partial charge is 0.252 e. The molecule has 26 heavy (non-hydrogen) atoms. The number of carbonyl (C=O) groups is 1. The van der Waals surface area contributed by atoms with Crippen molar-refractivity contribution in [2.24, 2.45) is 0 Å². The molecule has 1 fully saturated rings. The van der Waals surface area contributed by atoms with Crippen LogP contribution in [0, 0.1) is 5.82 Å². The van der Waals surface area contributed by atoms with Crippen LogP contribution in [0.3, 0.4) is 0 Å². The normalized spacial score (nSPS) is 16.7. The predicted molar refractivity (Wildman–Crippen MR) is 96.2 cm³/mol. The SMILES string of the molecule is O=C(NC[C@H]1CCCO1)c1cc(-c2ccccn2)nc2cc(F)ccc12. The van der Waals surface area contributed by atoms with Crippen LogP contribution in [0.1, 0.15) is 23.2 Å². The second-order valence-electron chi connectivity index (χ2n) is 6.28. The molecule has 1 saturated heterocycles. The van der Waals surface area contributed by atoms with Gasteiger partial charge in [0, 0.05) is 30.8 Å². The third-order valence-corrected chi connectivity index (χ3v) is 4.46. The Labute approximate surface area is 150 Å². The van der Waals surface area contributed by atoms with Crippen LogP contribution in [0.5, 0.6) is 0 Å². The van der Waals surface area contributed by atoms with Gasteiger partial charge in [-0.05, 0) is 43.2 Å². The molecule has 132 valence electrons. The minimum atomic E-state index is -0.395. The highest BCUT2D eigenvalue weighted by Gasteiger charge is 2.19. The van der Waals surface area contributed by atoms with E-state index in [0.717, 1.165) is 19.4 Å². The summed E-state index contributed by atoms with van der Waals surface area (Å²) < 4.78 is 19.2. The number of ether oxygens (including phenoxy) is 1. The molecule has 1 aliphatic rings. The predicted octanol–water partition coefficient (Wildman–Crippen LogP) is 3.34. The Bertz CT molecular complexity index is 940. The number of pyridine rings is 2. The number of benzene rings is 1. The Morgan fingerprint density at radius 3 is 2.92 bits per heavy atom. The van der Waals surface area contributed by atoms with Crippen molar-refractivity contribution in [2.45, 2.75) is 18.9 Å². The van der Waals surface area contributed by atoms with Crippen molar-refractivity contribution >= 4 is 16.8 Å². The molecule has 1 atom stereocenters.